The molecule has 94 valence electrons. The molecule has 2 rings (SSSR count). The Bertz CT molecular complexity index is 390. The van der Waals surface area contributed by atoms with Crippen molar-refractivity contribution in [1.82, 2.24) is 9.88 Å². The van der Waals surface area contributed by atoms with Crippen molar-refractivity contribution in [3.63, 3.8) is 0 Å². The SMILES string of the molecule is OCC1CN(Cc2nc(Cl)ccc2Cl)CCO1. The Kier molecular flexibility index (Phi) is 4.59. The molecule has 0 bridgehead atoms. The van der Waals surface area contributed by atoms with E-state index in [0.29, 0.717) is 29.9 Å². The first kappa shape index (κ1) is 13.1. The van der Waals surface area contributed by atoms with Gasteiger partial charge in [0.05, 0.1) is 30.0 Å². The van der Waals surface area contributed by atoms with Crippen LogP contribution in [0.5, 0.6) is 0 Å². The smallest absolute Gasteiger partial charge is 0.129 e. The van der Waals surface area contributed by atoms with Crippen molar-refractivity contribution in [3.8, 4) is 0 Å². The number of aliphatic hydroxyl groups is 1. The largest absolute Gasteiger partial charge is 0.394 e. The van der Waals surface area contributed by atoms with E-state index in [9.17, 15) is 0 Å². The van der Waals surface area contributed by atoms with Gasteiger partial charge >= 0.3 is 0 Å². The minimum absolute atomic E-state index is 0.0349. The van der Waals surface area contributed by atoms with Crippen LogP contribution in [0.1, 0.15) is 5.69 Å². The van der Waals surface area contributed by atoms with Gasteiger partial charge in [-0.05, 0) is 12.1 Å². The summed E-state index contributed by atoms with van der Waals surface area (Å²) in [6.07, 6.45) is -0.123. The molecular weight excluding hydrogens is 263 g/mol. The van der Waals surface area contributed by atoms with E-state index in [0.717, 1.165) is 12.2 Å². The highest BCUT2D eigenvalue weighted by atomic mass is 35.5. The second kappa shape index (κ2) is 5.98. The van der Waals surface area contributed by atoms with Crippen LogP contribution in [0.15, 0.2) is 12.1 Å². The van der Waals surface area contributed by atoms with Crippen LogP contribution in [-0.2, 0) is 11.3 Å². The van der Waals surface area contributed by atoms with Gasteiger partial charge in [0, 0.05) is 19.6 Å². The number of morpholine rings is 1. The quantitative estimate of drug-likeness (QED) is 0.852. The van der Waals surface area contributed by atoms with Crippen molar-refractivity contribution in [1.29, 1.82) is 0 Å². The predicted molar refractivity (Wildman–Crippen MR) is 66.4 cm³/mol. The zero-order chi connectivity index (χ0) is 12.3. The topological polar surface area (TPSA) is 45.6 Å². The van der Waals surface area contributed by atoms with Crippen molar-refractivity contribution >= 4 is 23.2 Å². The lowest BCUT2D eigenvalue weighted by Crippen LogP contribution is -2.43. The Morgan fingerprint density at radius 1 is 1.47 bits per heavy atom. The maximum absolute atomic E-state index is 9.06. The van der Waals surface area contributed by atoms with Gasteiger partial charge in [-0.1, -0.05) is 23.2 Å². The number of halogens is 2. The maximum atomic E-state index is 9.06. The van der Waals surface area contributed by atoms with Crippen LogP contribution in [-0.4, -0.2) is 47.4 Å². The van der Waals surface area contributed by atoms with Crippen molar-refractivity contribution in [2.24, 2.45) is 0 Å². The molecule has 0 saturated carbocycles. The molecule has 1 aromatic heterocycles. The number of aliphatic hydroxyl groups excluding tert-OH is 1. The van der Waals surface area contributed by atoms with Gasteiger partial charge in [-0.2, -0.15) is 0 Å². The molecule has 0 spiro atoms. The van der Waals surface area contributed by atoms with Crippen LogP contribution in [0.25, 0.3) is 0 Å². The summed E-state index contributed by atoms with van der Waals surface area (Å²) < 4.78 is 5.38. The van der Waals surface area contributed by atoms with E-state index < -0.39 is 0 Å². The zero-order valence-corrected chi connectivity index (χ0v) is 10.8. The average molecular weight is 277 g/mol. The van der Waals surface area contributed by atoms with E-state index in [-0.39, 0.29) is 12.7 Å². The molecule has 17 heavy (non-hydrogen) atoms. The van der Waals surface area contributed by atoms with Gasteiger partial charge in [0.1, 0.15) is 5.15 Å². The van der Waals surface area contributed by atoms with Crippen molar-refractivity contribution in [3.05, 3.63) is 28.0 Å². The standard InChI is InChI=1S/C11H14Cl2N2O2/c12-9-1-2-11(13)14-10(9)6-15-3-4-17-8(5-15)7-16/h1-2,8,16H,3-7H2. The number of rotatable bonds is 3. The van der Waals surface area contributed by atoms with Gasteiger partial charge in [0.25, 0.3) is 0 Å². The van der Waals surface area contributed by atoms with Crippen LogP contribution in [0.4, 0.5) is 0 Å². The van der Waals surface area contributed by atoms with Gasteiger partial charge in [-0.25, -0.2) is 4.98 Å². The van der Waals surface area contributed by atoms with E-state index in [1.807, 2.05) is 0 Å². The average Bonchev–Trinajstić information content (AvgIpc) is 2.34. The Morgan fingerprint density at radius 2 is 2.29 bits per heavy atom. The van der Waals surface area contributed by atoms with Crippen molar-refractivity contribution in [2.45, 2.75) is 12.6 Å². The molecule has 1 atom stereocenters. The van der Waals surface area contributed by atoms with Crippen LogP contribution < -0.4 is 0 Å². The molecule has 0 aromatic carbocycles. The fourth-order valence-electron chi connectivity index (χ4n) is 1.81. The summed E-state index contributed by atoms with van der Waals surface area (Å²) in [5.41, 5.74) is 0.762. The zero-order valence-electron chi connectivity index (χ0n) is 9.27. The molecular formula is C11H14Cl2N2O2. The molecule has 1 aliphatic rings. The number of ether oxygens (including phenoxy) is 1. The summed E-state index contributed by atoms with van der Waals surface area (Å²) in [4.78, 5) is 6.35. The van der Waals surface area contributed by atoms with Crippen LogP contribution in [0.3, 0.4) is 0 Å². The monoisotopic (exact) mass is 276 g/mol. The lowest BCUT2D eigenvalue weighted by atomic mass is 10.2. The number of aromatic nitrogens is 1. The van der Waals surface area contributed by atoms with Gasteiger partial charge < -0.3 is 9.84 Å². The van der Waals surface area contributed by atoms with Crippen molar-refractivity contribution < 1.29 is 9.84 Å². The van der Waals surface area contributed by atoms with E-state index in [2.05, 4.69) is 9.88 Å². The molecule has 2 heterocycles. The molecule has 4 nitrogen and oxygen atoms in total. The summed E-state index contributed by atoms with van der Waals surface area (Å²) >= 11 is 11.9. The predicted octanol–water partition coefficient (Wildman–Crippen LogP) is 1.58. The molecule has 6 heteroatoms. The highest BCUT2D eigenvalue weighted by Crippen LogP contribution is 2.19. The third kappa shape index (κ3) is 3.53. The first-order valence-corrected chi connectivity index (χ1v) is 6.20. The molecule has 1 fully saturated rings. The van der Waals surface area contributed by atoms with E-state index >= 15 is 0 Å². The normalized spacial score (nSPS) is 21.7. The summed E-state index contributed by atoms with van der Waals surface area (Å²) in [7, 11) is 0. The second-order valence-corrected chi connectivity index (χ2v) is 4.77. The third-order valence-corrected chi connectivity index (χ3v) is 3.24. The lowest BCUT2D eigenvalue weighted by molar-refractivity contribution is -0.0553. The molecule has 1 N–H and O–H groups in total. The molecule has 1 aromatic rings. The fourth-order valence-corrected chi connectivity index (χ4v) is 2.14. The van der Waals surface area contributed by atoms with Crippen LogP contribution in [0, 0.1) is 0 Å². The van der Waals surface area contributed by atoms with E-state index in [1.165, 1.54) is 0 Å². The molecule has 1 saturated heterocycles. The highest BCUT2D eigenvalue weighted by molar-refractivity contribution is 6.32. The van der Waals surface area contributed by atoms with Gasteiger partial charge in [-0.3, -0.25) is 4.90 Å². The number of hydrogen-bond donors (Lipinski definition) is 1. The lowest BCUT2D eigenvalue weighted by Gasteiger charge is -2.31. The first-order chi connectivity index (χ1) is 8.19. The minimum atomic E-state index is -0.123. The molecule has 1 unspecified atom stereocenters. The molecule has 0 aliphatic carbocycles. The van der Waals surface area contributed by atoms with Crippen LogP contribution >= 0.6 is 23.2 Å². The summed E-state index contributed by atoms with van der Waals surface area (Å²) in [6, 6.07) is 3.42. The second-order valence-electron chi connectivity index (χ2n) is 3.97. The number of pyridine rings is 1. The van der Waals surface area contributed by atoms with Gasteiger partial charge in [0.2, 0.25) is 0 Å². The minimum Gasteiger partial charge on any atom is -0.394 e. The third-order valence-electron chi connectivity index (χ3n) is 2.68. The van der Waals surface area contributed by atoms with Gasteiger partial charge in [-0.15, -0.1) is 0 Å². The van der Waals surface area contributed by atoms with E-state index in [1.54, 1.807) is 12.1 Å². The number of hydrogen-bond acceptors (Lipinski definition) is 4. The fraction of sp³-hybridized carbons (Fsp3) is 0.545. The van der Waals surface area contributed by atoms with Crippen LogP contribution in [0.2, 0.25) is 10.2 Å². The number of nitrogens with zero attached hydrogens (tertiary/aromatic N) is 2. The highest BCUT2D eigenvalue weighted by Gasteiger charge is 2.20. The van der Waals surface area contributed by atoms with Crippen molar-refractivity contribution in [2.75, 3.05) is 26.3 Å². The Balaban J connectivity index is 2.02. The summed E-state index contributed by atoms with van der Waals surface area (Å²) in [6.45, 7) is 2.76. The van der Waals surface area contributed by atoms with Gasteiger partial charge in [0.15, 0.2) is 0 Å². The summed E-state index contributed by atoms with van der Waals surface area (Å²) in [5.74, 6) is 0. The summed E-state index contributed by atoms with van der Waals surface area (Å²) in [5, 5.41) is 10.1. The Labute approximate surface area is 110 Å². The Hall–Kier alpha value is -0.390. The Morgan fingerprint density at radius 3 is 3.06 bits per heavy atom. The van der Waals surface area contributed by atoms with E-state index in [4.69, 9.17) is 33.0 Å². The first-order valence-electron chi connectivity index (χ1n) is 5.45. The maximum Gasteiger partial charge on any atom is 0.129 e. The molecule has 0 radical (unpaired) electrons. The molecule has 0 amide bonds. The molecule has 1 aliphatic heterocycles.